The summed E-state index contributed by atoms with van der Waals surface area (Å²) in [6.07, 6.45) is 3.05. The van der Waals surface area contributed by atoms with Crippen LogP contribution in [0.5, 0.6) is 0 Å². The summed E-state index contributed by atoms with van der Waals surface area (Å²) in [6.45, 7) is 1.44. The maximum atomic E-state index is 14.4. The first-order valence-corrected chi connectivity index (χ1v) is 7.82. The standard InChI is InChI=1S/C17H18F2N4O/c18-11-4-6-12(7-5-11)21-16-13(15(20)24)10-14(19)17(22-16)23-8-2-1-3-9-23/h4-7,10H,1-3,8-9H2,(H2,20,24)(H,21,22). The first-order valence-electron chi connectivity index (χ1n) is 7.82. The molecule has 0 bridgehead atoms. The van der Waals surface area contributed by atoms with E-state index in [4.69, 9.17) is 5.73 Å². The summed E-state index contributed by atoms with van der Waals surface area (Å²) in [4.78, 5) is 17.7. The van der Waals surface area contributed by atoms with Gasteiger partial charge in [0.25, 0.3) is 5.91 Å². The molecule has 7 heteroatoms. The van der Waals surface area contributed by atoms with Gasteiger partial charge < -0.3 is 16.0 Å². The molecule has 3 N–H and O–H groups in total. The van der Waals surface area contributed by atoms with E-state index in [1.807, 2.05) is 4.90 Å². The van der Waals surface area contributed by atoms with Crippen LogP contribution in [0.3, 0.4) is 0 Å². The maximum Gasteiger partial charge on any atom is 0.252 e. The lowest BCUT2D eigenvalue weighted by molar-refractivity contribution is 0.100. The smallest absolute Gasteiger partial charge is 0.252 e. The number of nitrogens with two attached hydrogens (primary N) is 1. The van der Waals surface area contributed by atoms with Crippen LogP contribution in [0.2, 0.25) is 0 Å². The third-order valence-electron chi connectivity index (χ3n) is 3.99. The molecule has 1 fully saturated rings. The minimum absolute atomic E-state index is 0.0439. The Hall–Kier alpha value is -2.70. The zero-order valence-corrected chi connectivity index (χ0v) is 13.1. The molecule has 0 spiro atoms. The summed E-state index contributed by atoms with van der Waals surface area (Å²) in [6, 6.07) is 6.67. The van der Waals surface area contributed by atoms with Crippen molar-refractivity contribution in [2.75, 3.05) is 23.3 Å². The monoisotopic (exact) mass is 332 g/mol. The van der Waals surface area contributed by atoms with E-state index < -0.39 is 11.7 Å². The Morgan fingerprint density at radius 2 is 1.79 bits per heavy atom. The molecular weight excluding hydrogens is 314 g/mol. The second kappa shape index (κ2) is 6.82. The molecule has 2 heterocycles. The molecule has 0 unspecified atom stereocenters. The van der Waals surface area contributed by atoms with Gasteiger partial charge in [0.05, 0.1) is 5.56 Å². The van der Waals surface area contributed by atoms with Gasteiger partial charge in [-0.3, -0.25) is 4.79 Å². The molecule has 2 aromatic rings. The fraction of sp³-hybridized carbons (Fsp3) is 0.294. The Labute approximate surface area is 138 Å². The van der Waals surface area contributed by atoms with Crippen LogP contribution in [0, 0.1) is 11.6 Å². The van der Waals surface area contributed by atoms with Crippen molar-refractivity contribution in [1.82, 2.24) is 4.98 Å². The van der Waals surface area contributed by atoms with E-state index in [0.29, 0.717) is 5.69 Å². The molecule has 0 radical (unpaired) electrons. The average Bonchev–Trinajstić information content (AvgIpc) is 2.58. The molecule has 1 aromatic heterocycles. The van der Waals surface area contributed by atoms with Gasteiger partial charge in [-0.2, -0.15) is 0 Å². The summed E-state index contributed by atoms with van der Waals surface area (Å²) >= 11 is 0. The van der Waals surface area contributed by atoms with Crippen LogP contribution >= 0.6 is 0 Å². The molecule has 1 aromatic carbocycles. The number of rotatable bonds is 4. The number of nitrogens with zero attached hydrogens (tertiary/aromatic N) is 2. The summed E-state index contributed by atoms with van der Waals surface area (Å²) in [7, 11) is 0. The van der Waals surface area contributed by atoms with Gasteiger partial charge in [-0.25, -0.2) is 13.8 Å². The molecule has 1 amide bonds. The second-order valence-electron chi connectivity index (χ2n) is 5.73. The highest BCUT2D eigenvalue weighted by Gasteiger charge is 2.21. The van der Waals surface area contributed by atoms with Crippen LogP contribution < -0.4 is 16.0 Å². The van der Waals surface area contributed by atoms with Crippen molar-refractivity contribution in [3.63, 3.8) is 0 Å². The van der Waals surface area contributed by atoms with Gasteiger partial charge in [0, 0.05) is 18.8 Å². The van der Waals surface area contributed by atoms with E-state index in [9.17, 15) is 13.6 Å². The second-order valence-corrected chi connectivity index (χ2v) is 5.73. The van der Waals surface area contributed by atoms with Gasteiger partial charge in [-0.1, -0.05) is 0 Å². The van der Waals surface area contributed by atoms with Gasteiger partial charge in [0.1, 0.15) is 11.6 Å². The molecule has 1 aliphatic rings. The van der Waals surface area contributed by atoms with Crippen LogP contribution in [0.1, 0.15) is 29.6 Å². The fourth-order valence-corrected chi connectivity index (χ4v) is 2.76. The van der Waals surface area contributed by atoms with Crippen molar-refractivity contribution in [3.05, 3.63) is 47.5 Å². The Morgan fingerprint density at radius 3 is 2.42 bits per heavy atom. The number of pyridine rings is 1. The minimum atomic E-state index is -0.781. The third-order valence-corrected chi connectivity index (χ3v) is 3.99. The predicted molar refractivity (Wildman–Crippen MR) is 88.5 cm³/mol. The Balaban J connectivity index is 1.98. The van der Waals surface area contributed by atoms with Crippen molar-refractivity contribution in [3.8, 4) is 0 Å². The van der Waals surface area contributed by atoms with Crippen molar-refractivity contribution < 1.29 is 13.6 Å². The number of aromatic nitrogens is 1. The lowest BCUT2D eigenvalue weighted by Gasteiger charge is -2.28. The van der Waals surface area contributed by atoms with E-state index in [1.165, 1.54) is 24.3 Å². The number of anilines is 3. The van der Waals surface area contributed by atoms with E-state index in [1.54, 1.807) is 0 Å². The van der Waals surface area contributed by atoms with Crippen LogP contribution in [-0.2, 0) is 0 Å². The maximum absolute atomic E-state index is 14.4. The van der Waals surface area contributed by atoms with Gasteiger partial charge in [0.2, 0.25) is 0 Å². The number of amides is 1. The highest BCUT2D eigenvalue weighted by molar-refractivity contribution is 5.98. The Kier molecular flexibility index (Phi) is 4.59. The van der Waals surface area contributed by atoms with Gasteiger partial charge >= 0.3 is 0 Å². The molecule has 0 aliphatic carbocycles. The molecule has 126 valence electrons. The number of hydrogen-bond donors (Lipinski definition) is 2. The summed E-state index contributed by atoms with van der Waals surface area (Å²) in [5, 5.41) is 2.92. The van der Waals surface area contributed by atoms with Crippen LogP contribution in [-0.4, -0.2) is 24.0 Å². The number of carbonyl (C=O) groups is 1. The summed E-state index contributed by atoms with van der Waals surface area (Å²) in [5.41, 5.74) is 5.82. The Morgan fingerprint density at radius 1 is 1.12 bits per heavy atom. The van der Waals surface area contributed by atoms with E-state index in [2.05, 4.69) is 10.3 Å². The zero-order valence-electron chi connectivity index (χ0n) is 13.1. The average molecular weight is 332 g/mol. The highest BCUT2D eigenvalue weighted by atomic mass is 19.1. The van der Waals surface area contributed by atoms with Gasteiger partial charge in [-0.05, 0) is 49.6 Å². The summed E-state index contributed by atoms with van der Waals surface area (Å²) in [5.74, 6) is -1.37. The number of benzene rings is 1. The molecule has 3 rings (SSSR count). The van der Waals surface area contributed by atoms with Crippen molar-refractivity contribution in [2.24, 2.45) is 5.73 Å². The predicted octanol–water partition coefficient (Wildman–Crippen LogP) is 3.19. The van der Waals surface area contributed by atoms with Gasteiger partial charge in [0.15, 0.2) is 11.6 Å². The number of nitrogens with one attached hydrogen (secondary N) is 1. The quantitative estimate of drug-likeness (QED) is 0.902. The molecular formula is C17H18F2N4O. The minimum Gasteiger partial charge on any atom is -0.365 e. The molecule has 24 heavy (non-hydrogen) atoms. The number of piperidine rings is 1. The lowest BCUT2D eigenvalue weighted by atomic mass is 10.1. The number of halogens is 2. The third kappa shape index (κ3) is 3.45. The first-order chi connectivity index (χ1) is 11.5. The highest BCUT2D eigenvalue weighted by Crippen LogP contribution is 2.27. The molecule has 1 saturated heterocycles. The van der Waals surface area contributed by atoms with Crippen LogP contribution in [0.15, 0.2) is 30.3 Å². The largest absolute Gasteiger partial charge is 0.365 e. The van der Waals surface area contributed by atoms with Gasteiger partial charge in [-0.15, -0.1) is 0 Å². The number of carbonyl (C=O) groups excluding carboxylic acids is 1. The van der Waals surface area contributed by atoms with Crippen LogP contribution in [0.4, 0.5) is 26.1 Å². The molecule has 1 aliphatic heterocycles. The number of hydrogen-bond acceptors (Lipinski definition) is 4. The normalized spacial score (nSPS) is 14.5. The topological polar surface area (TPSA) is 71.2 Å². The summed E-state index contributed by atoms with van der Waals surface area (Å²) < 4.78 is 27.4. The van der Waals surface area contributed by atoms with E-state index in [-0.39, 0.29) is 23.0 Å². The molecule has 5 nitrogen and oxygen atoms in total. The lowest BCUT2D eigenvalue weighted by Crippen LogP contribution is -2.31. The first kappa shape index (κ1) is 16.2. The van der Waals surface area contributed by atoms with Crippen molar-refractivity contribution in [2.45, 2.75) is 19.3 Å². The Bertz CT molecular complexity index is 743. The van der Waals surface area contributed by atoms with Crippen LogP contribution in [0.25, 0.3) is 0 Å². The van der Waals surface area contributed by atoms with E-state index in [0.717, 1.165) is 38.4 Å². The number of primary amides is 1. The van der Waals surface area contributed by atoms with Crippen molar-refractivity contribution in [1.29, 1.82) is 0 Å². The van der Waals surface area contributed by atoms with Crippen molar-refractivity contribution >= 4 is 23.2 Å². The zero-order chi connectivity index (χ0) is 17.1. The molecule has 0 saturated carbocycles. The molecule has 0 atom stereocenters. The van der Waals surface area contributed by atoms with E-state index >= 15 is 0 Å². The fourth-order valence-electron chi connectivity index (χ4n) is 2.76. The SMILES string of the molecule is NC(=O)c1cc(F)c(N2CCCCC2)nc1Nc1ccc(F)cc1.